The van der Waals surface area contributed by atoms with Gasteiger partial charge in [0.15, 0.2) is 0 Å². The summed E-state index contributed by atoms with van der Waals surface area (Å²) in [6.45, 7) is 4.04. The zero-order chi connectivity index (χ0) is 14.5. The Bertz CT molecular complexity index is 570. The molecule has 0 saturated carbocycles. The minimum Gasteiger partial charge on any atom is -0.384 e. The number of hydrogen-bond donors (Lipinski definition) is 1. The first-order chi connectivity index (χ1) is 10.3. The van der Waals surface area contributed by atoms with Gasteiger partial charge in [-0.3, -0.25) is 0 Å². The van der Waals surface area contributed by atoms with E-state index in [-0.39, 0.29) is 5.82 Å². The van der Waals surface area contributed by atoms with E-state index in [1.165, 1.54) is 23.3 Å². The predicted molar refractivity (Wildman–Crippen MR) is 85.2 cm³/mol. The molecule has 0 unspecified atom stereocenters. The van der Waals surface area contributed by atoms with Crippen molar-refractivity contribution >= 4 is 5.69 Å². The van der Waals surface area contributed by atoms with Gasteiger partial charge in [0.25, 0.3) is 0 Å². The summed E-state index contributed by atoms with van der Waals surface area (Å²) in [6, 6.07) is 15.4. The van der Waals surface area contributed by atoms with E-state index in [2.05, 4.69) is 34.5 Å². The molecule has 0 fully saturated rings. The maximum Gasteiger partial charge on any atom is 0.125 e. The summed E-state index contributed by atoms with van der Waals surface area (Å²) in [5.41, 5.74) is 3.82. The van der Waals surface area contributed by atoms with Crippen LogP contribution >= 0.6 is 0 Å². The Balaban J connectivity index is 1.49. The predicted octanol–water partition coefficient (Wildman–Crippen LogP) is 3.34. The van der Waals surface area contributed by atoms with Crippen LogP contribution in [0.2, 0.25) is 0 Å². The Kier molecular flexibility index (Phi) is 4.51. The molecule has 2 aromatic carbocycles. The molecule has 110 valence electrons. The van der Waals surface area contributed by atoms with Gasteiger partial charge in [-0.05, 0) is 42.2 Å². The van der Waals surface area contributed by atoms with Crippen molar-refractivity contribution < 1.29 is 4.39 Å². The molecule has 0 aromatic heterocycles. The minimum atomic E-state index is -0.190. The van der Waals surface area contributed by atoms with E-state index in [1.807, 2.05) is 6.07 Å². The van der Waals surface area contributed by atoms with E-state index in [0.717, 1.165) is 44.7 Å². The molecule has 2 nitrogen and oxygen atoms in total. The number of rotatable bonds is 4. The minimum absolute atomic E-state index is 0.190. The number of fused-ring (bicyclic) bond motifs is 1. The lowest BCUT2D eigenvalue weighted by molar-refractivity contribution is 0.298. The summed E-state index contributed by atoms with van der Waals surface area (Å²) < 4.78 is 13.1. The molecule has 1 heterocycles. The quantitative estimate of drug-likeness (QED) is 0.926. The second-order valence-corrected chi connectivity index (χ2v) is 5.55. The summed E-state index contributed by atoms with van der Waals surface area (Å²) in [6.07, 6.45) is 2.24. The van der Waals surface area contributed by atoms with Gasteiger partial charge in [-0.25, -0.2) is 4.39 Å². The van der Waals surface area contributed by atoms with Crippen LogP contribution in [0, 0.1) is 5.82 Å². The van der Waals surface area contributed by atoms with Crippen LogP contribution in [-0.2, 0) is 12.8 Å². The topological polar surface area (TPSA) is 15.3 Å². The third-order valence-electron chi connectivity index (χ3n) is 4.09. The summed E-state index contributed by atoms with van der Waals surface area (Å²) in [5.74, 6) is -0.190. The van der Waals surface area contributed by atoms with Crippen LogP contribution in [-0.4, -0.2) is 31.1 Å². The average molecular weight is 284 g/mol. The fourth-order valence-corrected chi connectivity index (χ4v) is 2.89. The lowest BCUT2D eigenvalue weighted by Gasteiger charge is -2.20. The highest BCUT2D eigenvalue weighted by molar-refractivity contribution is 5.42. The standard InChI is InChI=1S/C18H21FN2/c19-17-6-3-7-18(14-17)20-10-13-21-11-8-15-4-1-2-5-16(15)9-12-21/h1-7,14,20H,8-13H2. The van der Waals surface area contributed by atoms with E-state index < -0.39 is 0 Å². The van der Waals surface area contributed by atoms with Crippen LogP contribution in [0.3, 0.4) is 0 Å². The number of nitrogens with zero attached hydrogens (tertiary/aromatic N) is 1. The molecule has 0 amide bonds. The van der Waals surface area contributed by atoms with Crippen LogP contribution in [0.5, 0.6) is 0 Å². The maximum atomic E-state index is 13.1. The number of benzene rings is 2. The Morgan fingerprint density at radius 2 is 1.67 bits per heavy atom. The average Bonchev–Trinajstić information content (AvgIpc) is 2.70. The molecule has 1 aliphatic heterocycles. The summed E-state index contributed by atoms with van der Waals surface area (Å²) in [5, 5.41) is 3.29. The second-order valence-electron chi connectivity index (χ2n) is 5.55. The van der Waals surface area contributed by atoms with Gasteiger partial charge in [-0.15, -0.1) is 0 Å². The van der Waals surface area contributed by atoms with E-state index >= 15 is 0 Å². The molecule has 0 saturated heterocycles. The fraction of sp³-hybridized carbons (Fsp3) is 0.333. The SMILES string of the molecule is Fc1cccc(NCCN2CCc3ccccc3CC2)c1. The molecule has 1 N–H and O–H groups in total. The molecular weight excluding hydrogens is 263 g/mol. The third kappa shape index (κ3) is 3.82. The largest absolute Gasteiger partial charge is 0.384 e. The molecule has 0 atom stereocenters. The monoisotopic (exact) mass is 284 g/mol. The van der Waals surface area contributed by atoms with Crippen molar-refractivity contribution in [3.05, 3.63) is 65.5 Å². The van der Waals surface area contributed by atoms with Gasteiger partial charge in [-0.1, -0.05) is 30.3 Å². The molecule has 3 heteroatoms. The first kappa shape index (κ1) is 14.1. The van der Waals surface area contributed by atoms with Crippen molar-refractivity contribution in [2.75, 3.05) is 31.5 Å². The van der Waals surface area contributed by atoms with E-state index in [1.54, 1.807) is 6.07 Å². The fourth-order valence-electron chi connectivity index (χ4n) is 2.89. The molecular formula is C18H21FN2. The van der Waals surface area contributed by atoms with Crippen molar-refractivity contribution in [1.82, 2.24) is 4.90 Å². The highest BCUT2D eigenvalue weighted by Crippen LogP contribution is 2.15. The molecule has 1 aliphatic rings. The van der Waals surface area contributed by atoms with E-state index in [9.17, 15) is 4.39 Å². The Hall–Kier alpha value is -1.87. The molecule has 0 spiro atoms. The van der Waals surface area contributed by atoms with Crippen molar-refractivity contribution in [2.24, 2.45) is 0 Å². The van der Waals surface area contributed by atoms with Crippen molar-refractivity contribution in [3.63, 3.8) is 0 Å². The third-order valence-corrected chi connectivity index (χ3v) is 4.09. The number of anilines is 1. The smallest absolute Gasteiger partial charge is 0.125 e. The zero-order valence-corrected chi connectivity index (χ0v) is 12.2. The van der Waals surface area contributed by atoms with E-state index in [0.29, 0.717) is 0 Å². The Labute approximate surface area is 125 Å². The number of hydrogen-bond acceptors (Lipinski definition) is 2. The molecule has 2 aromatic rings. The number of halogens is 1. The molecule has 0 bridgehead atoms. The molecule has 3 rings (SSSR count). The highest BCUT2D eigenvalue weighted by atomic mass is 19.1. The highest BCUT2D eigenvalue weighted by Gasteiger charge is 2.12. The lowest BCUT2D eigenvalue weighted by Crippen LogP contribution is -2.31. The van der Waals surface area contributed by atoms with Crippen molar-refractivity contribution in [1.29, 1.82) is 0 Å². The lowest BCUT2D eigenvalue weighted by atomic mass is 10.0. The first-order valence-electron chi connectivity index (χ1n) is 7.60. The van der Waals surface area contributed by atoms with Crippen LogP contribution in [0.15, 0.2) is 48.5 Å². The van der Waals surface area contributed by atoms with Gasteiger partial charge in [0.2, 0.25) is 0 Å². The summed E-state index contributed by atoms with van der Waals surface area (Å²) in [7, 11) is 0. The molecule has 0 radical (unpaired) electrons. The first-order valence-corrected chi connectivity index (χ1v) is 7.60. The van der Waals surface area contributed by atoms with Gasteiger partial charge < -0.3 is 10.2 Å². The zero-order valence-electron chi connectivity index (χ0n) is 12.2. The second kappa shape index (κ2) is 6.72. The summed E-state index contributed by atoms with van der Waals surface area (Å²) >= 11 is 0. The number of nitrogens with one attached hydrogen (secondary N) is 1. The summed E-state index contributed by atoms with van der Waals surface area (Å²) in [4.78, 5) is 2.48. The molecule has 21 heavy (non-hydrogen) atoms. The maximum absolute atomic E-state index is 13.1. The van der Waals surface area contributed by atoms with Gasteiger partial charge in [0, 0.05) is 31.9 Å². The van der Waals surface area contributed by atoms with E-state index in [4.69, 9.17) is 0 Å². The van der Waals surface area contributed by atoms with Crippen LogP contribution in [0.4, 0.5) is 10.1 Å². The van der Waals surface area contributed by atoms with Crippen molar-refractivity contribution in [3.8, 4) is 0 Å². The van der Waals surface area contributed by atoms with Gasteiger partial charge in [0.1, 0.15) is 5.82 Å². The van der Waals surface area contributed by atoms with Gasteiger partial charge >= 0.3 is 0 Å². The van der Waals surface area contributed by atoms with Crippen molar-refractivity contribution in [2.45, 2.75) is 12.8 Å². The van der Waals surface area contributed by atoms with Gasteiger partial charge in [0.05, 0.1) is 0 Å². The Morgan fingerprint density at radius 1 is 0.952 bits per heavy atom. The van der Waals surface area contributed by atoms with Crippen LogP contribution < -0.4 is 5.32 Å². The van der Waals surface area contributed by atoms with Crippen LogP contribution in [0.25, 0.3) is 0 Å². The normalized spacial score (nSPS) is 15.3. The van der Waals surface area contributed by atoms with Crippen LogP contribution in [0.1, 0.15) is 11.1 Å². The Morgan fingerprint density at radius 3 is 2.33 bits per heavy atom. The molecule has 0 aliphatic carbocycles. The van der Waals surface area contributed by atoms with Gasteiger partial charge in [-0.2, -0.15) is 0 Å².